The molecule has 2 aliphatic rings. The van der Waals surface area contributed by atoms with Crippen LogP contribution in [0.4, 0.5) is 5.13 Å². The van der Waals surface area contributed by atoms with Crippen molar-refractivity contribution >= 4 is 22.4 Å². The SMILES string of the molecule is O=C1CC(O)CN1c1nnc(C2CC2)s1. The van der Waals surface area contributed by atoms with E-state index in [1.165, 1.54) is 29.1 Å². The van der Waals surface area contributed by atoms with Crippen LogP contribution in [0.25, 0.3) is 0 Å². The highest BCUT2D eigenvalue weighted by atomic mass is 32.1. The Morgan fingerprint density at radius 1 is 1.40 bits per heavy atom. The summed E-state index contributed by atoms with van der Waals surface area (Å²) in [5.41, 5.74) is 0. The van der Waals surface area contributed by atoms with Gasteiger partial charge in [0, 0.05) is 5.92 Å². The van der Waals surface area contributed by atoms with Crippen molar-refractivity contribution in [3.8, 4) is 0 Å². The van der Waals surface area contributed by atoms with Crippen molar-refractivity contribution in [3.63, 3.8) is 0 Å². The largest absolute Gasteiger partial charge is 0.391 e. The minimum atomic E-state index is -0.550. The number of hydrogen-bond donors (Lipinski definition) is 1. The molecule has 0 radical (unpaired) electrons. The van der Waals surface area contributed by atoms with Crippen LogP contribution in [0.2, 0.25) is 0 Å². The summed E-state index contributed by atoms with van der Waals surface area (Å²) >= 11 is 1.48. The van der Waals surface area contributed by atoms with E-state index in [9.17, 15) is 9.90 Å². The number of β-amino-alcohol motifs (C(OH)–C–C–N with tert-alkyl or cyclic N) is 1. The van der Waals surface area contributed by atoms with Crippen LogP contribution in [0, 0.1) is 0 Å². The van der Waals surface area contributed by atoms with Gasteiger partial charge in [0.1, 0.15) is 5.01 Å². The van der Waals surface area contributed by atoms with Crippen LogP contribution in [0.5, 0.6) is 0 Å². The number of aliphatic hydroxyl groups is 1. The molecular formula is C9H11N3O2S. The number of aromatic nitrogens is 2. The maximum Gasteiger partial charge on any atom is 0.231 e. The molecule has 80 valence electrons. The normalized spacial score (nSPS) is 26.3. The second-order valence-corrected chi connectivity index (χ2v) is 5.05. The summed E-state index contributed by atoms with van der Waals surface area (Å²) in [5.74, 6) is 0.514. The smallest absolute Gasteiger partial charge is 0.231 e. The number of carbonyl (C=O) groups excluding carboxylic acids is 1. The molecule has 0 spiro atoms. The van der Waals surface area contributed by atoms with E-state index >= 15 is 0 Å². The molecule has 1 unspecified atom stereocenters. The number of hydrogen-bond acceptors (Lipinski definition) is 5. The quantitative estimate of drug-likeness (QED) is 0.796. The first-order chi connectivity index (χ1) is 7.24. The summed E-state index contributed by atoms with van der Waals surface area (Å²) < 4.78 is 0. The van der Waals surface area contributed by atoms with Crippen molar-refractivity contribution in [2.75, 3.05) is 11.4 Å². The Morgan fingerprint density at radius 3 is 2.80 bits per heavy atom. The zero-order chi connectivity index (χ0) is 10.4. The Labute approximate surface area is 90.7 Å². The lowest BCUT2D eigenvalue weighted by atomic mass is 10.3. The lowest BCUT2D eigenvalue weighted by Crippen LogP contribution is -2.24. The molecule has 2 fully saturated rings. The van der Waals surface area contributed by atoms with Crippen LogP contribution in [-0.4, -0.2) is 33.9 Å². The van der Waals surface area contributed by atoms with Crippen LogP contribution in [-0.2, 0) is 4.79 Å². The van der Waals surface area contributed by atoms with E-state index in [4.69, 9.17) is 0 Å². The lowest BCUT2D eigenvalue weighted by Gasteiger charge is -2.09. The van der Waals surface area contributed by atoms with Crippen LogP contribution < -0.4 is 4.90 Å². The molecule has 1 amide bonds. The summed E-state index contributed by atoms with van der Waals surface area (Å²) in [4.78, 5) is 13.0. The Bertz CT molecular complexity index is 402. The molecule has 1 atom stereocenters. The van der Waals surface area contributed by atoms with E-state index in [0.29, 0.717) is 17.6 Å². The summed E-state index contributed by atoms with van der Waals surface area (Å²) in [6.07, 6.45) is 2.03. The van der Waals surface area contributed by atoms with Gasteiger partial charge in [-0.25, -0.2) is 0 Å². The molecule has 2 heterocycles. The van der Waals surface area contributed by atoms with Crippen LogP contribution in [0.15, 0.2) is 0 Å². The van der Waals surface area contributed by atoms with Gasteiger partial charge in [0.2, 0.25) is 11.0 Å². The molecule has 1 aromatic rings. The van der Waals surface area contributed by atoms with Gasteiger partial charge in [0.05, 0.1) is 19.1 Å². The minimum absolute atomic E-state index is 0.0546. The van der Waals surface area contributed by atoms with Gasteiger partial charge in [0.15, 0.2) is 0 Å². The minimum Gasteiger partial charge on any atom is -0.391 e. The zero-order valence-corrected chi connectivity index (χ0v) is 8.90. The standard InChI is InChI=1S/C9H11N3O2S/c13-6-3-7(14)12(4-6)9-11-10-8(15-9)5-1-2-5/h5-6,13H,1-4H2. The third-order valence-corrected chi connectivity index (χ3v) is 3.80. The molecule has 1 aliphatic heterocycles. The number of anilines is 1. The Kier molecular flexibility index (Phi) is 2.00. The fraction of sp³-hybridized carbons (Fsp3) is 0.667. The number of aliphatic hydroxyl groups excluding tert-OH is 1. The van der Waals surface area contributed by atoms with Gasteiger partial charge in [-0.05, 0) is 12.8 Å². The number of rotatable bonds is 2. The lowest BCUT2D eigenvalue weighted by molar-refractivity contribution is -0.117. The summed E-state index contributed by atoms with van der Waals surface area (Å²) in [5, 5.41) is 19.1. The predicted octanol–water partition coefficient (Wildman–Crippen LogP) is 0.513. The fourth-order valence-electron chi connectivity index (χ4n) is 1.70. The van der Waals surface area contributed by atoms with Gasteiger partial charge in [-0.2, -0.15) is 0 Å². The molecule has 6 heteroatoms. The van der Waals surface area contributed by atoms with Crippen molar-refractivity contribution < 1.29 is 9.90 Å². The molecule has 5 nitrogen and oxygen atoms in total. The third-order valence-electron chi connectivity index (χ3n) is 2.69. The second kappa shape index (κ2) is 3.24. The average molecular weight is 225 g/mol. The van der Waals surface area contributed by atoms with E-state index in [-0.39, 0.29) is 12.3 Å². The molecule has 15 heavy (non-hydrogen) atoms. The number of carbonyl (C=O) groups is 1. The highest BCUT2D eigenvalue weighted by molar-refractivity contribution is 7.15. The van der Waals surface area contributed by atoms with E-state index in [1.807, 2.05) is 0 Å². The van der Waals surface area contributed by atoms with Gasteiger partial charge < -0.3 is 5.11 Å². The molecular weight excluding hydrogens is 214 g/mol. The van der Waals surface area contributed by atoms with E-state index in [0.717, 1.165) is 5.01 Å². The average Bonchev–Trinajstić information content (AvgIpc) is 2.83. The number of amides is 1. The second-order valence-electron chi connectivity index (χ2n) is 4.06. The maximum atomic E-state index is 11.5. The van der Waals surface area contributed by atoms with Crippen molar-refractivity contribution in [3.05, 3.63) is 5.01 Å². The van der Waals surface area contributed by atoms with Crippen molar-refractivity contribution in [2.24, 2.45) is 0 Å². The Morgan fingerprint density at radius 2 is 2.20 bits per heavy atom. The van der Waals surface area contributed by atoms with Gasteiger partial charge in [-0.15, -0.1) is 10.2 Å². The summed E-state index contributed by atoms with van der Waals surface area (Å²) in [6.45, 7) is 0.359. The van der Waals surface area contributed by atoms with Gasteiger partial charge in [-0.3, -0.25) is 9.69 Å². The Balaban J connectivity index is 1.82. The highest BCUT2D eigenvalue weighted by Crippen LogP contribution is 2.42. The van der Waals surface area contributed by atoms with Crippen molar-refractivity contribution in [2.45, 2.75) is 31.3 Å². The van der Waals surface area contributed by atoms with Gasteiger partial charge in [0.25, 0.3) is 0 Å². The predicted molar refractivity (Wildman–Crippen MR) is 54.9 cm³/mol. The van der Waals surface area contributed by atoms with E-state index in [2.05, 4.69) is 10.2 Å². The highest BCUT2D eigenvalue weighted by Gasteiger charge is 2.33. The summed E-state index contributed by atoms with van der Waals surface area (Å²) in [7, 11) is 0. The molecule has 1 aromatic heterocycles. The molecule has 0 bridgehead atoms. The molecule has 1 aliphatic carbocycles. The monoisotopic (exact) mass is 225 g/mol. The molecule has 1 N–H and O–H groups in total. The summed E-state index contributed by atoms with van der Waals surface area (Å²) in [6, 6.07) is 0. The molecule has 3 rings (SSSR count). The van der Waals surface area contributed by atoms with Crippen LogP contribution >= 0.6 is 11.3 Å². The third kappa shape index (κ3) is 1.63. The molecule has 0 aromatic carbocycles. The van der Waals surface area contributed by atoms with E-state index < -0.39 is 6.10 Å². The molecule has 1 saturated carbocycles. The first-order valence-electron chi connectivity index (χ1n) is 5.06. The fourth-order valence-corrected chi connectivity index (χ4v) is 2.74. The Hall–Kier alpha value is -1.01. The maximum absolute atomic E-state index is 11.5. The first-order valence-corrected chi connectivity index (χ1v) is 5.87. The van der Waals surface area contributed by atoms with Crippen LogP contribution in [0.3, 0.4) is 0 Å². The van der Waals surface area contributed by atoms with Crippen molar-refractivity contribution in [1.29, 1.82) is 0 Å². The van der Waals surface area contributed by atoms with Gasteiger partial charge in [-0.1, -0.05) is 11.3 Å². The number of nitrogens with zero attached hydrogens (tertiary/aromatic N) is 3. The van der Waals surface area contributed by atoms with Crippen LogP contribution in [0.1, 0.15) is 30.2 Å². The van der Waals surface area contributed by atoms with E-state index in [1.54, 1.807) is 0 Å². The van der Waals surface area contributed by atoms with Crippen molar-refractivity contribution in [1.82, 2.24) is 10.2 Å². The zero-order valence-electron chi connectivity index (χ0n) is 8.09. The molecule has 1 saturated heterocycles. The first kappa shape index (κ1) is 9.23. The topological polar surface area (TPSA) is 66.3 Å². The van der Waals surface area contributed by atoms with Gasteiger partial charge >= 0.3 is 0 Å².